The molecule has 4 nitrogen and oxygen atoms in total. The Kier molecular flexibility index (Phi) is 6.63. The summed E-state index contributed by atoms with van der Waals surface area (Å²) in [5, 5.41) is 0.890. The molecule has 0 spiro atoms. The highest BCUT2D eigenvalue weighted by Gasteiger charge is 2.29. The Bertz CT molecular complexity index is 758. The first kappa shape index (κ1) is 19.6. The minimum Gasteiger partial charge on any atom is -0.471 e. The molecule has 142 valence electrons. The van der Waals surface area contributed by atoms with E-state index in [1.165, 1.54) is 0 Å². The minimum atomic E-state index is 0.444. The molecule has 1 aliphatic heterocycles. The number of rotatable bonds is 4. The van der Waals surface area contributed by atoms with Gasteiger partial charge in [0.1, 0.15) is 6.67 Å². The van der Waals surface area contributed by atoms with Gasteiger partial charge in [-0.25, -0.2) is 0 Å². The van der Waals surface area contributed by atoms with Crippen molar-refractivity contribution in [2.45, 2.75) is 26.7 Å². The smallest absolute Gasteiger partial charge is 0.265 e. The van der Waals surface area contributed by atoms with Gasteiger partial charge in [-0.3, -0.25) is 9.80 Å². The second-order valence-electron chi connectivity index (χ2n) is 6.26. The van der Waals surface area contributed by atoms with Crippen LogP contribution in [-0.4, -0.2) is 30.2 Å². The van der Waals surface area contributed by atoms with E-state index < -0.39 is 0 Å². The second-order valence-corrected chi connectivity index (χ2v) is 6.96. The molecule has 0 saturated heterocycles. The molecule has 2 aromatic carbocycles. The highest BCUT2D eigenvalue weighted by atomic mass is 32.1. The van der Waals surface area contributed by atoms with Gasteiger partial charge in [-0.1, -0.05) is 50.2 Å². The van der Waals surface area contributed by atoms with Crippen molar-refractivity contribution in [2.75, 3.05) is 29.7 Å². The molecule has 0 saturated carbocycles. The molecule has 2 aromatic rings. The van der Waals surface area contributed by atoms with Gasteiger partial charge in [-0.05, 0) is 49.4 Å². The Labute approximate surface area is 171 Å². The minimum absolute atomic E-state index is 0.444. The fourth-order valence-electron chi connectivity index (χ4n) is 3.01. The van der Waals surface area contributed by atoms with E-state index in [4.69, 9.17) is 33.9 Å². The van der Waals surface area contributed by atoms with Crippen LogP contribution in [0.15, 0.2) is 48.5 Å². The van der Waals surface area contributed by atoms with Crippen molar-refractivity contribution in [1.82, 2.24) is 0 Å². The number of ether oxygens (including phenoxy) is 2. The van der Waals surface area contributed by atoms with E-state index in [0.29, 0.717) is 30.2 Å². The maximum Gasteiger partial charge on any atom is 0.265 e. The maximum atomic E-state index is 5.80. The molecular weight excluding hydrogens is 376 g/mol. The Morgan fingerprint density at radius 1 is 0.778 bits per heavy atom. The number of thiocarbonyl (C=S) groups is 2. The normalized spacial score (nSPS) is 12.7. The molecule has 6 heteroatoms. The predicted molar refractivity (Wildman–Crippen MR) is 119 cm³/mol. The van der Waals surface area contributed by atoms with Gasteiger partial charge in [0.25, 0.3) is 10.3 Å². The van der Waals surface area contributed by atoms with E-state index in [2.05, 4.69) is 38.1 Å². The van der Waals surface area contributed by atoms with Crippen molar-refractivity contribution in [2.24, 2.45) is 0 Å². The molecule has 1 heterocycles. The fourth-order valence-corrected chi connectivity index (χ4v) is 3.49. The molecule has 0 N–H and O–H groups in total. The number of nitrogens with zero attached hydrogens (tertiary/aromatic N) is 2. The van der Waals surface area contributed by atoms with Gasteiger partial charge < -0.3 is 9.47 Å². The largest absolute Gasteiger partial charge is 0.471 e. The van der Waals surface area contributed by atoms with Crippen molar-refractivity contribution < 1.29 is 9.47 Å². The van der Waals surface area contributed by atoms with Crippen molar-refractivity contribution in [3.63, 3.8) is 0 Å². The van der Waals surface area contributed by atoms with Crippen LogP contribution in [-0.2, 0) is 9.47 Å². The number of hydrogen-bond donors (Lipinski definition) is 0. The number of anilines is 2. The van der Waals surface area contributed by atoms with Gasteiger partial charge in [0.15, 0.2) is 0 Å². The van der Waals surface area contributed by atoms with Crippen molar-refractivity contribution >= 4 is 46.2 Å². The number of hydrogen-bond acceptors (Lipinski definition) is 4. The number of benzene rings is 2. The molecule has 0 fully saturated rings. The molecule has 3 rings (SSSR count). The maximum absolute atomic E-state index is 5.80. The van der Waals surface area contributed by atoms with Crippen LogP contribution in [0.2, 0.25) is 0 Å². The Morgan fingerprint density at radius 2 is 1.19 bits per heavy atom. The zero-order chi connectivity index (χ0) is 19.2. The number of fused-ring (bicyclic) bond motifs is 3. The van der Waals surface area contributed by atoms with Gasteiger partial charge in [0, 0.05) is 11.1 Å². The fraction of sp³-hybridized carbons (Fsp3) is 0.333. The third-order valence-corrected chi connectivity index (χ3v) is 4.94. The monoisotopic (exact) mass is 400 g/mol. The van der Waals surface area contributed by atoms with Crippen molar-refractivity contribution in [3.8, 4) is 11.1 Å². The molecular formula is C21H24N2O2S2. The average molecular weight is 401 g/mol. The summed E-state index contributed by atoms with van der Waals surface area (Å²) in [4.78, 5) is 3.98. The first-order valence-electron chi connectivity index (χ1n) is 9.24. The summed E-state index contributed by atoms with van der Waals surface area (Å²) in [6, 6.07) is 16.4. The van der Waals surface area contributed by atoms with E-state index in [0.717, 1.165) is 35.3 Å². The summed E-state index contributed by atoms with van der Waals surface area (Å²) in [6.07, 6.45) is 1.80. The van der Waals surface area contributed by atoms with Crippen LogP contribution in [0.4, 0.5) is 11.4 Å². The molecule has 0 aliphatic carbocycles. The first-order chi connectivity index (χ1) is 13.2. The summed E-state index contributed by atoms with van der Waals surface area (Å²) in [7, 11) is 0. The lowest BCUT2D eigenvalue weighted by Gasteiger charge is -2.31. The predicted octanol–water partition coefficient (Wildman–Crippen LogP) is 5.36. The van der Waals surface area contributed by atoms with Crippen LogP contribution in [0.3, 0.4) is 0 Å². The highest BCUT2D eigenvalue weighted by Crippen LogP contribution is 2.40. The van der Waals surface area contributed by atoms with E-state index in [1.54, 1.807) is 0 Å². The highest BCUT2D eigenvalue weighted by molar-refractivity contribution is 7.80. The molecule has 1 aliphatic rings. The third-order valence-electron chi connectivity index (χ3n) is 4.26. The Balaban J connectivity index is 2.08. The van der Waals surface area contributed by atoms with Crippen LogP contribution in [0, 0.1) is 0 Å². The second kappa shape index (κ2) is 9.15. The van der Waals surface area contributed by atoms with Crippen molar-refractivity contribution in [3.05, 3.63) is 48.5 Å². The van der Waals surface area contributed by atoms with Gasteiger partial charge in [-0.15, -0.1) is 0 Å². The Morgan fingerprint density at radius 3 is 1.59 bits per heavy atom. The molecule has 0 amide bonds. The van der Waals surface area contributed by atoms with Crippen LogP contribution in [0.5, 0.6) is 0 Å². The first-order valence-corrected chi connectivity index (χ1v) is 10.1. The van der Waals surface area contributed by atoms with E-state index >= 15 is 0 Å². The Hall–Kier alpha value is -2.18. The summed E-state index contributed by atoms with van der Waals surface area (Å²) in [6.45, 7) is 5.74. The lowest BCUT2D eigenvalue weighted by Crippen LogP contribution is -2.44. The standard InChI is InChI=1S/C21H24N2O2S2/c1-3-13-24-20(26)22-15-23(21(27)25-14-4-2)19-12-8-6-10-17(19)16-9-5-7-11-18(16)22/h5-12H,3-4,13-15H2,1-2H3. The molecule has 0 bridgehead atoms. The topological polar surface area (TPSA) is 24.9 Å². The average Bonchev–Trinajstić information content (AvgIpc) is 2.85. The zero-order valence-electron chi connectivity index (χ0n) is 15.7. The van der Waals surface area contributed by atoms with Gasteiger partial charge in [0.2, 0.25) is 0 Å². The third kappa shape index (κ3) is 4.22. The lowest BCUT2D eigenvalue weighted by molar-refractivity contribution is 0.300. The summed E-state index contributed by atoms with van der Waals surface area (Å²) in [5.41, 5.74) is 4.20. The summed E-state index contributed by atoms with van der Waals surface area (Å²) < 4.78 is 11.6. The molecule has 27 heavy (non-hydrogen) atoms. The van der Waals surface area contributed by atoms with Gasteiger partial charge >= 0.3 is 0 Å². The van der Waals surface area contributed by atoms with E-state index in [-0.39, 0.29) is 0 Å². The SMILES string of the molecule is CCCOC(=S)N1CN(C(=S)OCCC)c2ccccc2-c2ccccc21. The molecule has 0 unspecified atom stereocenters. The summed E-state index contributed by atoms with van der Waals surface area (Å²) in [5.74, 6) is 0. The zero-order valence-corrected chi connectivity index (χ0v) is 17.3. The van der Waals surface area contributed by atoms with Crippen molar-refractivity contribution in [1.29, 1.82) is 0 Å². The van der Waals surface area contributed by atoms with Gasteiger partial charge in [-0.2, -0.15) is 0 Å². The van der Waals surface area contributed by atoms with Crippen LogP contribution < -0.4 is 9.80 Å². The molecule has 0 radical (unpaired) electrons. The van der Waals surface area contributed by atoms with E-state index in [9.17, 15) is 0 Å². The van der Waals surface area contributed by atoms with Gasteiger partial charge in [0.05, 0.1) is 24.6 Å². The number of para-hydroxylation sites is 2. The van der Waals surface area contributed by atoms with E-state index in [1.807, 2.05) is 34.1 Å². The lowest BCUT2D eigenvalue weighted by atomic mass is 10.0. The quantitative estimate of drug-likeness (QED) is 0.641. The molecule has 0 atom stereocenters. The molecule has 0 aromatic heterocycles. The van der Waals surface area contributed by atoms with Crippen LogP contribution in [0.1, 0.15) is 26.7 Å². The summed E-state index contributed by atoms with van der Waals surface area (Å²) >= 11 is 11.2. The van der Waals surface area contributed by atoms with Crippen LogP contribution >= 0.6 is 24.4 Å². The van der Waals surface area contributed by atoms with Crippen LogP contribution in [0.25, 0.3) is 11.1 Å².